The van der Waals surface area contributed by atoms with Gasteiger partial charge in [-0.1, -0.05) is 12.1 Å². The second-order valence-electron chi connectivity index (χ2n) is 5.61. The van der Waals surface area contributed by atoms with E-state index in [4.69, 9.17) is 0 Å². The van der Waals surface area contributed by atoms with E-state index in [1.807, 2.05) is 28.7 Å². The van der Waals surface area contributed by atoms with E-state index in [9.17, 15) is 14.0 Å². The van der Waals surface area contributed by atoms with Gasteiger partial charge in [0.2, 0.25) is 0 Å². The third-order valence-electron chi connectivity index (χ3n) is 3.90. The fourth-order valence-corrected chi connectivity index (χ4v) is 3.21. The SMILES string of the molecule is O=C(Nn1cnc2c(cnn2-c2ccc(F)cc2)c1=O)c1ccccc1I. The Morgan fingerprint density at radius 2 is 1.85 bits per heavy atom. The zero-order chi connectivity index (χ0) is 19.0. The van der Waals surface area contributed by atoms with Crippen molar-refractivity contribution in [3.05, 3.63) is 86.4 Å². The van der Waals surface area contributed by atoms with Crippen LogP contribution in [0.4, 0.5) is 4.39 Å². The van der Waals surface area contributed by atoms with Gasteiger partial charge in [0.15, 0.2) is 5.65 Å². The summed E-state index contributed by atoms with van der Waals surface area (Å²) in [4.78, 5) is 29.3. The molecule has 0 atom stereocenters. The van der Waals surface area contributed by atoms with Crippen LogP contribution in [0.1, 0.15) is 10.4 Å². The van der Waals surface area contributed by atoms with Crippen LogP contribution in [0.25, 0.3) is 16.7 Å². The first-order chi connectivity index (χ1) is 13.0. The second-order valence-corrected chi connectivity index (χ2v) is 6.77. The van der Waals surface area contributed by atoms with E-state index in [1.165, 1.54) is 41.5 Å². The highest BCUT2D eigenvalue weighted by atomic mass is 127. The Bertz CT molecular complexity index is 1220. The van der Waals surface area contributed by atoms with Crippen LogP contribution in [0.5, 0.6) is 0 Å². The number of rotatable bonds is 3. The van der Waals surface area contributed by atoms with Crippen LogP contribution >= 0.6 is 22.6 Å². The molecule has 7 nitrogen and oxygen atoms in total. The molecule has 134 valence electrons. The first-order valence-electron chi connectivity index (χ1n) is 7.82. The molecule has 0 bridgehead atoms. The zero-order valence-corrected chi connectivity index (χ0v) is 15.8. The van der Waals surface area contributed by atoms with Crippen molar-refractivity contribution in [1.29, 1.82) is 0 Å². The molecule has 0 spiro atoms. The van der Waals surface area contributed by atoms with Crippen LogP contribution in [0.15, 0.2) is 65.8 Å². The van der Waals surface area contributed by atoms with Crippen LogP contribution in [0.3, 0.4) is 0 Å². The number of carbonyl (C=O) groups excluding carboxylic acids is 1. The lowest BCUT2D eigenvalue weighted by Crippen LogP contribution is -2.33. The fourth-order valence-electron chi connectivity index (χ4n) is 2.58. The van der Waals surface area contributed by atoms with Crippen LogP contribution in [-0.4, -0.2) is 25.3 Å². The highest BCUT2D eigenvalue weighted by Crippen LogP contribution is 2.14. The smallest absolute Gasteiger partial charge is 0.267 e. The standard InChI is InChI=1S/C18H11FIN5O2/c19-11-5-7-12(8-6-11)25-16-14(9-22-25)18(27)24(10-21-16)23-17(26)13-3-1-2-4-15(13)20/h1-10H,(H,23,26). The number of fused-ring (bicyclic) bond motifs is 1. The van der Waals surface area contributed by atoms with Crippen molar-refractivity contribution in [1.82, 2.24) is 19.4 Å². The van der Waals surface area contributed by atoms with Gasteiger partial charge in [-0.15, -0.1) is 0 Å². The number of benzene rings is 2. The van der Waals surface area contributed by atoms with E-state index in [2.05, 4.69) is 15.5 Å². The normalized spacial score (nSPS) is 10.9. The lowest BCUT2D eigenvalue weighted by Gasteiger charge is -2.09. The van der Waals surface area contributed by atoms with Gasteiger partial charge in [-0.05, 0) is 59.0 Å². The Labute approximate surface area is 165 Å². The maximum atomic E-state index is 13.1. The van der Waals surface area contributed by atoms with Crippen LogP contribution < -0.4 is 11.0 Å². The lowest BCUT2D eigenvalue weighted by molar-refractivity contribution is 0.101. The predicted octanol–water partition coefficient (Wildman–Crippen LogP) is 2.71. The number of halogens is 2. The number of carbonyl (C=O) groups is 1. The largest absolute Gasteiger partial charge is 0.283 e. The maximum Gasteiger partial charge on any atom is 0.283 e. The molecule has 0 aliphatic carbocycles. The predicted molar refractivity (Wildman–Crippen MR) is 106 cm³/mol. The van der Waals surface area contributed by atoms with Crippen molar-refractivity contribution in [2.45, 2.75) is 0 Å². The van der Waals surface area contributed by atoms with E-state index in [0.29, 0.717) is 16.9 Å². The number of amides is 1. The minimum absolute atomic E-state index is 0.227. The van der Waals surface area contributed by atoms with Crippen LogP contribution in [0, 0.1) is 9.39 Å². The summed E-state index contributed by atoms with van der Waals surface area (Å²) in [6.45, 7) is 0. The van der Waals surface area contributed by atoms with E-state index >= 15 is 0 Å². The topological polar surface area (TPSA) is 81.8 Å². The molecule has 1 amide bonds. The number of hydrogen-bond acceptors (Lipinski definition) is 4. The van der Waals surface area contributed by atoms with Gasteiger partial charge in [-0.3, -0.25) is 15.0 Å². The van der Waals surface area contributed by atoms with Crippen LogP contribution in [0.2, 0.25) is 0 Å². The highest BCUT2D eigenvalue weighted by molar-refractivity contribution is 14.1. The Morgan fingerprint density at radius 3 is 2.59 bits per heavy atom. The Kier molecular flexibility index (Phi) is 4.44. The lowest BCUT2D eigenvalue weighted by atomic mass is 10.2. The maximum absolute atomic E-state index is 13.1. The van der Waals surface area contributed by atoms with E-state index in [1.54, 1.807) is 18.2 Å². The third kappa shape index (κ3) is 3.21. The molecule has 0 radical (unpaired) electrons. The molecule has 1 N–H and O–H groups in total. The van der Waals surface area contributed by atoms with Crippen LogP contribution in [-0.2, 0) is 0 Å². The summed E-state index contributed by atoms with van der Waals surface area (Å²) in [7, 11) is 0. The quantitative estimate of drug-likeness (QED) is 0.463. The second kappa shape index (κ2) is 6.91. The van der Waals surface area contributed by atoms with Crippen molar-refractivity contribution in [2.75, 3.05) is 5.43 Å². The van der Waals surface area contributed by atoms with E-state index in [-0.39, 0.29) is 11.2 Å². The molecule has 0 aliphatic heterocycles. The van der Waals surface area contributed by atoms with Crippen molar-refractivity contribution in [3.8, 4) is 5.69 Å². The Balaban J connectivity index is 1.71. The van der Waals surface area contributed by atoms with Crippen molar-refractivity contribution >= 4 is 39.5 Å². The molecule has 2 heterocycles. The molecule has 27 heavy (non-hydrogen) atoms. The number of hydrogen-bond donors (Lipinski definition) is 1. The van der Waals surface area contributed by atoms with Crippen molar-refractivity contribution in [2.24, 2.45) is 0 Å². The molecule has 4 aromatic rings. The monoisotopic (exact) mass is 475 g/mol. The summed E-state index contributed by atoms with van der Waals surface area (Å²) in [6.07, 6.45) is 2.59. The van der Waals surface area contributed by atoms with Gasteiger partial charge < -0.3 is 0 Å². The molecule has 2 aromatic carbocycles. The summed E-state index contributed by atoms with van der Waals surface area (Å²) in [5.74, 6) is -0.794. The average molecular weight is 475 g/mol. The third-order valence-corrected chi connectivity index (χ3v) is 4.84. The van der Waals surface area contributed by atoms with Crippen molar-refractivity contribution < 1.29 is 9.18 Å². The molecule has 4 rings (SSSR count). The minimum Gasteiger partial charge on any atom is -0.267 e. The molecule has 9 heteroatoms. The van der Waals surface area contributed by atoms with Gasteiger partial charge in [-0.25, -0.2) is 18.7 Å². The molecular weight excluding hydrogens is 464 g/mol. The minimum atomic E-state index is -0.465. The van der Waals surface area contributed by atoms with Crippen molar-refractivity contribution in [3.63, 3.8) is 0 Å². The summed E-state index contributed by atoms with van der Waals surface area (Å²) < 4.78 is 16.3. The molecular formula is C18H11FIN5O2. The van der Waals surface area contributed by atoms with Gasteiger partial charge in [0, 0.05) is 3.57 Å². The van der Waals surface area contributed by atoms with Gasteiger partial charge in [0.1, 0.15) is 17.5 Å². The first kappa shape index (κ1) is 17.3. The van der Waals surface area contributed by atoms with Gasteiger partial charge in [0.25, 0.3) is 11.5 Å². The molecule has 0 aliphatic rings. The first-order valence-corrected chi connectivity index (χ1v) is 8.89. The Hall–Kier alpha value is -3.08. The van der Waals surface area contributed by atoms with Gasteiger partial charge in [0.05, 0.1) is 17.4 Å². The van der Waals surface area contributed by atoms with Gasteiger partial charge in [-0.2, -0.15) is 5.10 Å². The van der Waals surface area contributed by atoms with Gasteiger partial charge >= 0.3 is 0 Å². The number of nitrogens with one attached hydrogen (secondary N) is 1. The summed E-state index contributed by atoms with van der Waals surface area (Å²) in [5, 5.41) is 4.38. The van der Waals surface area contributed by atoms with E-state index < -0.39 is 11.5 Å². The summed E-state index contributed by atoms with van der Waals surface area (Å²) >= 11 is 2.05. The molecule has 2 aromatic heterocycles. The molecule has 0 saturated carbocycles. The number of aromatic nitrogens is 4. The molecule has 0 saturated heterocycles. The molecule has 0 fully saturated rings. The zero-order valence-electron chi connectivity index (χ0n) is 13.6. The Morgan fingerprint density at radius 1 is 1.11 bits per heavy atom. The summed E-state index contributed by atoms with van der Waals surface area (Å²) in [5.41, 5.74) is 3.39. The fraction of sp³-hybridized carbons (Fsp3) is 0. The van der Waals surface area contributed by atoms with E-state index in [0.717, 1.165) is 8.25 Å². The summed E-state index contributed by atoms with van der Waals surface area (Å²) in [6, 6.07) is 12.7. The molecule has 0 unspecified atom stereocenters. The average Bonchev–Trinajstić information content (AvgIpc) is 3.10. The highest BCUT2D eigenvalue weighted by Gasteiger charge is 2.14. The number of nitrogens with zero attached hydrogens (tertiary/aromatic N) is 4.